The number of hydrogen-bond donors (Lipinski definition) is 3. The number of carbonyl (C=O) groups excluding carboxylic acids is 2. The van der Waals surface area contributed by atoms with Gasteiger partial charge in [0.25, 0.3) is 0 Å². The first-order valence-electron chi connectivity index (χ1n) is 13.6. The summed E-state index contributed by atoms with van der Waals surface area (Å²) < 4.78 is 5.55. The molecule has 0 spiro atoms. The minimum atomic E-state index is -0.455. The molecule has 1 aliphatic rings. The predicted molar refractivity (Wildman–Crippen MR) is 170 cm³/mol. The van der Waals surface area contributed by atoms with Gasteiger partial charge in [0.05, 0.1) is 23.8 Å². The second-order valence-corrected chi connectivity index (χ2v) is 9.55. The molecule has 1 aliphatic heterocycles. The number of para-hydroxylation sites is 1. The maximum Gasteiger partial charge on any atom is 0.336 e. The Morgan fingerprint density at radius 1 is 0.929 bits per heavy atom. The van der Waals surface area contributed by atoms with Gasteiger partial charge in [0.15, 0.2) is 0 Å². The Morgan fingerprint density at radius 2 is 1.52 bits per heavy atom. The van der Waals surface area contributed by atoms with Crippen molar-refractivity contribution in [3.05, 3.63) is 131 Å². The van der Waals surface area contributed by atoms with Crippen LogP contribution in [0.15, 0.2) is 119 Å². The summed E-state index contributed by atoms with van der Waals surface area (Å²) in [7, 11) is 3.72. The van der Waals surface area contributed by atoms with Gasteiger partial charge in [0, 0.05) is 31.1 Å². The van der Waals surface area contributed by atoms with E-state index < -0.39 is 5.92 Å². The number of carbonyl (C=O) groups is 2. The molecular formula is C34H39N5O3. The quantitative estimate of drug-likeness (QED) is 0.137. The number of esters is 1. The van der Waals surface area contributed by atoms with Crippen LogP contribution >= 0.6 is 0 Å². The van der Waals surface area contributed by atoms with Crippen LogP contribution in [0, 0.1) is 6.92 Å². The number of rotatable bonds is 9. The number of hydrazine groups is 1. The van der Waals surface area contributed by atoms with Crippen LogP contribution in [-0.4, -0.2) is 39.3 Å². The second kappa shape index (κ2) is 15.0. The first-order chi connectivity index (χ1) is 20.3. The largest absolute Gasteiger partial charge is 0.463 e. The minimum absolute atomic E-state index is 0.276. The third-order valence-corrected chi connectivity index (χ3v) is 6.86. The lowest BCUT2D eigenvalue weighted by atomic mass is 9.80. The van der Waals surface area contributed by atoms with Crippen molar-refractivity contribution in [3.8, 4) is 0 Å². The molecule has 218 valence electrons. The molecule has 1 atom stereocenters. The van der Waals surface area contributed by atoms with E-state index in [9.17, 15) is 4.79 Å². The average molecular weight is 566 g/mol. The van der Waals surface area contributed by atoms with E-state index in [0.717, 1.165) is 33.9 Å². The molecule has 0 amide bonds. The number of amidine groups is 1. The molecular weight excluding hydrogens is 526 g/mol. The lowest BCUT2D eigenvalue weighted by molar-refractivity contribution is -0.138. The highest BCUT2D eigenvalue weighted by molar-refractivity contribution is 6.05. The number of hydrogen-bond acceptors (Lipinski definition) is 7. The Bertz CT molecular complexity index is 1460. The normalized spacial score (nSPS) is 14.7. The zero-order valence-electron chi connectivity index (χ0n) is 24.9. The Hall–Kier alpha value is -5.11. The van der Waals surface area contributed by atoms with E-state index in [4.69, 9.17) is 9.53 Å². The van der Waals surface area contributed by atoms with Gasteiger partial charge in [0.1, 0.15) is 18.4 Å². The predicted octanol–water partition coefficient (Wildman–Crippen LogP) is 5.48. The van der Waals surface area contributed by atoms with Crippen LogP contribution in [0.3, 0.4) is 0 Å². The summed E-state index contributed by atoms with van der Waals surface area (Å²) in [5.74, 6) is 0.527. The van der Waals surface area contributed by atoms with Gasteiger partial charge in [-0.2, -0.15) is 0 Å². The summed E-state index contributed by atoms with van der Waals surface area (Å²) in [4.78, 5) is 28.2. The van der Waals surface area contributed by atoms with E-state index in [1.54, 1.807) is 7.05 Å². The SMILES string of the molecule is C=C(NNC(=NC)C1=C(N(C)c2ccccc2)NC(C)=C(C(=O)OCC)C1c1ccccc1)c1ccc(C)cc1.C=O. The third kappa shape index (κ3) is 7.14. The highest BCUT2D eigenvalue weighted by Crippen LogP contribution is 2.40. The monoisotopic (exact) mass is 565 g/mol. The number of ether oxygens (including phenoxy) is 1. The highest BCUT2D eigenvalue weighted by atomic mass is 16.5. The first kappa shape index (κ1) is 31.4. The molecule has 0 bridgehead atoms. The maximum atomic E-state index is 13.4. The molecule has 8 heteroatoms. The van der Waals surface area contributed by atoms with Crippen molar-refractivity contribution in [3.63, 3.8) is 0 Å². The topological polar surface area (TPSA) is 95.1 Å². The van der Waals surface area contributed by atoms with E-state index in [2.05, 4.69) is 32.6 Å². The molecule has 8 nitrogen and oxygen atoms in total. The molecule has 0 saturated heterocycles. The third-order valence-electron chi connectivity index (χ3n) is 6.86. The lowest BCUT2D eigenvalue weighted by Crippen LogP contribution is -2.45. The number of dihydropyridines is 1. The molecule has 4 rings (SSSR count). The maximum absolute atomic E-state index is 13.4. The second-order valence-electron chi connectivity index (χ2n) is 9.55. The van der Waals surface area contributed by atoms with Crippen LogP contribution in [0.5, 0.6) is 0 Å². The van der Waals surface area contributed by atoms with E-state index in [1.165, 1.54) is 5.56 Å². The Kier molecular flexibility index (Phi) is 11.3. The zero-order valence-corrected chi connectivity index (χ0v) is 24.9. The van der Waals surface area contributed by atoms with Gasteiger partial charge in [-0.3, -0.25) is 15.8 Å². The van der Waals surface area contributed by atoms with Crippen molar-refractivity contribution < 1.29 is 14.3 Å². The summed E-state index contributed by atoms with van der Waals surface area (Å²) in [5, 5.41) is 3.51. The van der Waals surface area contributed by atoms with Crippen LogP contribution in [0.2, 0.25) is 0 Å². The lowest BCUT2D eigenvalue weighted by Gasteiger charge is -2.37. The van der Waals surface area contributed by atoms with Crippen LogP contribution in [0.25, 0.3) is 5.70 Å². The van der Waals surface area contributed by atoms with E-state index >= 15 is 0 Å². The summed E-state index contributed by atoms with van der Waals surface area (Å²) >= 11 is 0. The molecule has 0 fully saturated rings. The van der Waals surface area contributed by atoms with Crippen molar-refractivity contribution in [1.29, 1.82) is 0 Å². The number of nitrogens with zero attached hydrogens (tertiary/aromatic N) is 2. The van der Waals surface area contributed by atoms with Gasteiger partial charge in [-0.15, -0.1) is 0 Å². The van der Waals surface area contributed by atoms with E-state index in [1.807, 2.05) is 120 Å². The van der Waals surface area contributed by atoms with Crippen LogP contribution in [0.4, 0.5) is 5.69 Å². The number of allylic oxidation sites excluding steroid dienone is 1. The fourth-order valence-electron chi connectivity index (χ4n) is 4.77. The molecule has 3 N–H and O–H groups in total. The molecule has 3 aromatic rings. The van der Waals surface area contributed by atoms with Gasteiger partial charge in [0.2, 0.25) is 0 Å². The van der Waals surface area contributed by atoms with Gasteiger partial charge < -0.3 is 19.7 Å². The number of nitrogens with one attached hydrogen (secondary N) is 3. The Balaban J connectivity index is 0.00000237. The molecule has 0 aromatic heterocycles. The van der Waals surface area contributed by atoms with Gasteiger partial charge in [-0.1, -0.05) is 84.9 Å². The molecule has 0 saturated carbocycles. The molecule has 1 heterocycles. The summed E-state index contributed by atoms with van der Waals surface area (Å²) in [6.07, 6.45) is 0. The molecule has 0 aliphatic carbocycles. The highest BCUT2D eigenvalue weighted by Gasteiger charge is 2.38. The first-order valence-corrected chi connectivity index (χ1v) is 13.6. The Labute approximate surface area is 248 Å². The van der Waals surface area contributed by atoms with Gasteiger partial charge >= 0.3 is 5.97 Å². The summed E-state index contributed by atoms with van der Waals surface area (Å²) in [6, 6.07) is 28.1. The fraction of sp³-hybridized carbons (Fsp3) is 0.206. The zero-order chi connectivity index (χ0) is 30.6. The fourth-order valence-corrected chi connectivity index (χ4v) is 4.77. The standard InChI is InChI=1S/C33H37N5O2.CH2O/c1-7-40-33(39)28-24(4)35-32(38(6)27-16-12-9-13-17-27)30(29(28)26-14-10-8-11-15-26)31(34-5)37-36-23(3)25-20-18-22(2)19-21-25;1-2/h8-21,29,35-36H,3,7H2,1-2,4-6H3,(H,34,37);1H2. The summed E-state index contributed by atoms with van der Waals surface area (Å²) in [6.45, 7) is 12.3. The van der Waals surface area contributed by atoms with Crippen molar-refractivity contribution in [2.24, 2.45) is 4.99 Å². The average Bonchev–Trinajstić information content (AvgIpc) is 3.03. The Morgan fingerprint density at radius 3 is 2.10 bits per heavy atom. The van der Waals surface area contributed by atoms with Crippen molar-refractivity contribution >= 4 is 30.0 Å². The van der Waals surface area contributed by atoms with Crippen molar-refractivity contribution in [1.82, 2.24) is 16.2 Å². The van der Waals surface area contributed by atoms with Crippen molar-refractivity contribution in [2.45, 2.75) is 26.7 Å². The molecule has 42 heavy (non-hydrogen) atoms. The number of aliphatic imine (C=N–C) groups is 1. The molecule has 3 aromatic carbocycles. The van der Waals surface area contributed by atoms with Crippen LogP contribution in [-0.2, 0) is 14.3 Å². The molecule has 0 radical (unpaired) electrons. The summed E-state index contributed by atoms with van der Waals surface area (Å²) in [5.41, 5.74) is 13.3. The number of aryl methyl sites for hydroxylation is 1. The van der Waals surface area contributed by atoms with E-state index in [-0.39, 0.29) is 12.6 Å². The van der Waals surface area contributed by atoms with Gasteiger partial charge in [-0.25, -0.2) is 4.79 Å². The number of anilines is 1. The number of benzene rings is 3. The van der Waals surface area contributed by atoms with Gasteiger partial charge in [-0.05, 0) is 44.0 Å². The van der Waals surface area contributed by atoms with Crippen LogP contribution < -0.4 is 21.1 Å². The smallest absolute Gasteiger partial charge is 0.336 e. The minimum Gasteiger partial charge on any atom is -0.463 e. The van der Waals surface area contributed by atoms with Crippen LogP contribution in [0.1, 0.15) is 36.5 Å². The molecule has 1 unspecified atom stereocenters. The van der Waals surface area contributed by atoms with E-state index in [0.29, 0.717) is 17.1 Å². The van der Waals surface area contributed by atoms with Crippen molar-refractivity contribution in [2.75, 3.05) is 25.6 Å².